The zero-order valence-corrected chi connectivity index (χ0v) is 15.0. The van der Waals surface area contributed by atoms with Crippen LogP contribution in [0.2, 0.25) is 0 Å². The molecule has 1 aliphatic heterocycles. The molecular weight excluding hydrogens is 304 g/mol. The molecule has 0 aliphatic carbocycles. The van der Waals surface area contributed by atoms with Crippen LogP contribution in [0.1, 0.15) is 26.3 Å². The summed E-state index contributed by atoms with van der Waals surface area (Å²) in [6.07, 6.45) is 0. The Bertz CT molecular complexity index is 580. The fourth-order valence-electron chi connectivity index (χ4n) is 2.87. The molecule has 132 valence electrons. The highest BCUT2D eigenvalue weighted by molar-refractivity contribution is 5.96. The lowest BCUT2D eigenvalue weighted by Crippen LogP contribution is -2.55. The van der Waals surface area contributed by atoms with E-state index in [1.807, 2.05) is 20.8 Å². The highest BCUT2D eigenvalue weighted by atomic mass is 16.2. The zero-order chi connectivity index (χ0) is 17.7. The molecule has 0 bridgehead atoms. The highest BCUT2D eigenvalue weighted by Gasteiger charge is 2.26. The monoisotopic (exact) mass is 332 g/mol. The van der Waals surface area contributed by atoms with Gasteiger partial charge in [-0.15, -0.1) is 0 Å². The summed E-state index contributed by atoms with van der Waals surface area (Å²) >= 11 is 0. The van der Waals surface area contributed by atoms with E-state index in [0.717, 1.165) is 26.2 Å². The average molecular weight is 332 g/mol. The summed E-state index contributed by atoms with van der Waals surface area (Å²) in [6, 6.07) is 7.72. The molecule has 0 spiro atoms. The third kappa shape index (κ3) is 4.96. The number of carbonyl (C=O) groups is 2. The number of rotatable bonds is 4. The Balaban J connectivity index is 1.85. The smallest absolute Gasteiger partial charge is 0.321 e. The summed E-state index contributed by atoms with van der Waals surface area (Å²) in [4.78, 5) is 28.3. The molecule has 1 heterocycles. The normalized spacial score (nSPS) is 16.8. The minimum atomic E-state index is -0.430. The molecule has 2 rings (SSSR count). The second-order valence-electron chi connectivity index (χ2n) is 6.66. The van der Waals surface area contributed by atoms with Gasteiger partial charge in [0.1, 0.15) is 0 Å². The van der Waals surface area contributed by atoms with Crippen LogP contribution in [-0.2, 0) is 4.79 Å². The summed E-state index contributed by atoms with van der Waals surface area (Å²) in [5, 5.41) is 5.08. The second-order valence-corrected chi connectivity index (χ2v) is 6.66. The van der Waals surface area contributed by atoms with Crippen molar-refractivity contribution in [1.29, 1.82) is 0 Å². The number of hydrogen-bond donors (Lipinski definition) is 2. The number of urea groups is 1. The third-order valence-electron chi connectivity index (χ3n) is 4.26. The maximum atomic E-state index is 12.2. The summed E-state index contributed by atoms with van der Waals surface area (Å²) in [7, 11) is 0. The van der Waals surface area contributed by atoms with Crippen molar-refractivity contribution in [1.82, 2.24) is 15.5 Å². The molecule has 1 aromatic carbocycles. The van der Waals surface area contributed by atoms with Gasteiger partial charge in [-0.25, -0.2) is 4.79 Å². The van der Waals surface area contributed by atoms with Gasteiger partial charge in [0.2, 0.25) is 5.91 Å². The topological polar surface area (TPSA) is 64.7 Å². The minimum absolute atomic E-state index is 0.00554. The van der Waals surface area contributed by atoms with Crippen LogP contribution in [0.4, 0.5) is 10.5 Å². The number of piperazine rings is 1. The maximum absolute atomic E-state index is 12.2. The SMILES string of the molecule is Cc1cccc(N2CCN(C(C)C(=O)NC(=O)NC(C)C)CC2)c1. The summed E-state index contributed by atoms with van der Waals surface area (Å²) in [5.74, 6) is -0.253. The van der Waals surface area contributed by atoms with Crippen molar-refractivity contribution in [3.05, 3.63) is 29.8 Å². The Kier molecular flexibility index (Phi) is 6.20. The van der Waals surface area contributed by atoms with Crippen LogP contribution in [0.5, 0.6) is 0 Å². The number of nitrogens with zero attached hydrogens (tertiary/aromatic N) is 2. The first-order valence-electron chi connectivity index (χ1n) is 8.54. The van der Waals surface area contributed by atoms with Gasteiger partial charge in [-0.1, -0.05) is 12.1 Å². The van der Waals surface area contributed by atoms with Gasteiger partial charge in [-0.05, 0) is 45.4 Å². The van der Waals surface area contributed by atoms with Crippen LogP contribution in [-0.4, -0.2) is 55.1 Å². The lowest BCUT2D eigenvalue weighted by atomic mass is 10.1. The van der Waals surface area contributed by atoms with Gasteiger partial charge in [-0.2, -0.15) is 0 Å². The van der Waals surface area contributed by atoms with Gasteiger partial charge < -0.3 is 10.2 Å². The lowest BCUT2D eigenvalue weighted by Gasteiger charge is -2.38. The van der Waals surface area contributed by atoms with Crippen LogP contribution in [0, 0.1) is 6.92 Å². The first kappa shape index (κ1) is 18.3. The Morgan fingerprint density at radius 3 is 2.33 bits per heavy atom. The fourth-order valence-corrected chi connectivity index (χ4v) is 2.87. The van der Waals surface area contributed by atoms with Crippen molar-refractivity contribution in [2.75, 3.05) is 31.1 Å². The molecule has 1 aromatic rings. The molecule has 0 radical (unpaired) electrons. The molecule has 1 atom stereocenters. The van der Waals surface area contributed by atoms with Crippen LogP contribution >= 0.6 is 0 Å². The van der Waals surface area contributed by atoms with E-state index in [1.165, 1.54) is 11.3 Å². The standard InChI is InChI=1S/C18H28N4O2/c1-13(2)19-18(24)20-17(23)15(4)21-8-10-22(11-9-21)16-7-5-6-14(3)12-16/h5-7,12-13,15H,8-11H2,1-4H3,(H2,19,20,23,24). The quantitative estimate of drug-likeness (QED) is 0.881. The number of amides is 3. The Hall–Kier alpha value is -2.08. The Morgan fingerprint density at radius 2 is 1.75 bits per heavy atom. The van der Waals surface area contributed by atoms with E-state index >= 15 is 0 Å². The van der Waals surface area contributed by atoms with Crippen molar-refractivity contribution in [3.63, 3.8) is 0 Å². The van der Waals surface area contributed by atoms with Crippen LogP contribution < -0.4 is 15.5 Å². The number of hydrogen-bond acceptors (Lipinski definition) is 4. The van der Waals surface area contributed by atoms with E-state index in [0.29, 0.717) is 0 Å². The molecule has 3 amide bonds. The van der Waals surface area contributed by atoms with Crippen molar-refractivity contribution >= 4 is 17.6 Å². The summed E-state index contributed by atoms with van der Waals surface area (Å²) in [5.41, 5.74) is 2.47. The second kappa shape index (κ2) is 8.15. The molecule has 1 fully saturated rings. The van der Waals surface area contributed by atoms with Gasteiger partial charge in [0, 0.05) is 37.9 Å². The van der Waals surface area contributed by atoms with Crippen molar-refractivity contribution in [2.24, 2.45) is 0 Å². The first-order valence-corrected chi connectivity index (χ1v) is 8.54. The minimum Gasteiger partial charge on any atom is -0.369 e. The van der Waals surface area contributed by atoms with E-state index in [-0.39, 0.29) is 18.0 Å². The number of benzene rings is 1. The largest absolute Gasteiger partial charge is 0.369 e. The average Bonchev–Trinajstić information content (AvgIpc) is 2.53. The highest BCUT2D eigenvalue weighted by Crippen LogP contribution is 2.18. The van der Waals surface area contributed by atoms with E-state index in [9.17, 15) is 9.59 Å². The van der Waals surface area contributed by atoms with E-state index in [1.54, 1.807) is 0 Å². The zero-order valence-electron chi connectivity index (χ0n) is 15.0. The molecule has 6 heteroatoms. The number of carbonyl (C=O) groups excluding carboxylic acids is 2. The number of nitrogens with one attached hydrogen (secondary N) is 2. The summed E-state index contributed by atoms with van der Waals surface area (Å²) < 4.78 is 0. The first-order chi connectivity index (χ1) is 11.4. The molecule has 2 N–H and O–H groups in total. The predicted octanol–water partition coefficient (Wildman–Crippen LogP) is 1.74. The van der Waals surface area contributed by atoms with Gasteiger partial charge in [0.25, 0.3) is 0 Å². The molecule has 6 nitrogen and oxygen atoms in total. The molecular formula is C18H28N4O2. The van der Waals surface area contributed by atoms with E-state index in [2.05, 4.69) is 51.6 Å². The van der Waals surface area contributed by atoms with Crippen molar-refractivity contribution < 1.29 is 9.59 Å². The Morgan fingerprint density at radius 1 is 1.08 bits per heavy atom. The van der Waals surface area contributed by atoms with Gasteiger partial charge >= 0.3 is 6.03 Å². The van der Waals surface area contributed by atoms with Crippen molar-refractivity contribution in [3.8, 4) is 0 Å². The fraction of sp³-hybridized carbons (Fsp3) is 0.556. The molecule has 0 aromatic heterocycles. The van der Waals surface area contributed by atoms with Crippen LogP contribution in [0.15, 0.2) is 24.3 Å². The van der Waals surface area contributed by atoms with Gasteiger partial charge in [0.15, 0.2) is 0 Å². The molecule has 1 aliphatic rings. The van der Waals surface area contributed by atoms with Gasteiger partial charge in [0.05, 0.1) is 6.04 Å². The number of imide groups is 1. The van der Waals surface area contributed by atoms with Gasteiger partial charge in [-0.3, -0.25) is 15.0 Å². The summed E-state index contributed by atoms with van der Waals surface area (Å²) in [6.45, 7) is 11.0. The van der Waals surface area contributed by atoms with E-state index in [4.69, 9.17) is 0 Å². The van der Waals surface area contributed by atoms with Crippen LogP contribution in [0.3, 0.4) is 0 Å². The number of aryl methyl sites for hydroxylation is 1. The number of anilines is 1. The molecule has 24 heavy (non-hydrogen) atoms. The molecule has 1 saturated heterocycles. The predicted molar refractivity (Wildman–Crippen MR) is 96.2 cm³/mol. The third-order valence-corrected chi connectivity index (χ3v) is 4.26. The molecule has 0 saturated carbocycles. The lowest BCUT2D eigenvalue weighted by molar-refractivity contribution is -0.124. The Labute approximate surface area is 144 Å². The van der Waals surface area contributed by atoms with E-state index < -0.39 is 6.03 Å². The molecule has 1 unspecified atom stereocenters. The van der Waals surface area contributed by atoms with Crippen LogP contribution in [0.25, 0.3) is 0 Å². The maximum Gasteiger partial charge on any atom is 0.321 e. The van der Waals surface area contributed by atoms with Crippen molar-refractivity contribution in [2.45, 2.75) is 39.8 Å².